The lowest BCUT2D eigenvalue weighted by atomic mass is 9.93. The fraction of sp³-hybridized carbons (Fsp3) is 0.875. The van der Waals surface area contributed by atoms with E-state index in [1.807, 2.05) is 0 Å². The third kappa shape index (κ3) is 1.29. The van der Waals surface area contributed by atoms with Crippen LogP contribution in [0.3, 0.4) is 0 Å². The second kappa shape index (κ2) is 3.23. The zero-order chi connectivity index (χ0) is 8.60. The second-order valence-electron chi connectivity index (χ2n) is 3.19. The smallest absolute Gasteiger partial charge is 0.187 e. The summed E-state index contributed by atoms with van der Waals surface area (Å²) < 4.78 is 10.9. The van der Waals surface area contributed by atoms with Crippen molar-refractivity contribution in [3.63, 3.8) is 0 Å². The maximum Gasteiger partial charge on any atom is 0.187 e. The third-order valence-corrected chi connectivity index (χ3v) is 4.04. The lowest BCUT2D eigenvalue weighted by Gasteiger charge is -2.34. The van der Waals surface area contributed by atoms with Gasteiger partial charge in [0.05, 0.1) is 13.2 Å². The van der Waals surface area contributed by atoms with Crippen LogP contribution >= 0.6 is 22.6 Å². The molecule has 1 heterocycles. The molecule has 3 nitrogen and oxygen atoms in total. The summed E-state index contributed by atoms with van der Waals surface area (Å²) >= 11 is 2.14. The molecule has 0 N–H and O–H groups in total. The maximum absolute atomic E-state index is 11.4. The Morgan fingerprint density at radius 2 is 2.08 bits per heavy atom. The average molecular weight is 282 g/mol. The van der Waals surface area contributed by atoms with Crippen molar-refractivity contribution in [2.45, 2.75) is 29.0 Å². The molecule has 1 aliphatic carbocycles. The molecule has 1 atom stereocenters. The van der Waals surface area contributed by atoms with E-state index in [0.29, 0.717) is 19.6 Å². The van der Waals surface area contributed by atoms with Gasteiger partial charge in [0.2, 0.25) is 0 Å². The maximum atomic E-state index is 11.4. The van der Waals surface area contributed by atoms with Crippen molar-refractivity contribution in [1.82, 2.24) is 0 Å². The molecule has 0 radical (unpaired) electrons. The van der Waals surface area contributed by atoms with Crippen molar-refractivity contribution in [3.8, 4) is 0 Å². The number of hydrogen-bond donors (Lipinski definition) is 0. The first-order valence-electron chi connectivity index (χ1n) is 4.19. The summed E-state index contributed by atoms with van der Waals surface area (Å²) in [6, 6.07) is 0. The number of ketones is 1. The molecule has 68 valence electrons. The molecule has 2 fully saturated rings. The fourth-order valence-electron chi connectivity index (χ4n) is 1.77. The number of Topliss-reactive ketones (excluding diaryl/α,β-unsaturated/α-hetero) is 1. The van der Waals surface area contributed by atoms with E-state index in [9.17, 15) is 4.79 Å². The number of halogens is 1. The van der Waals surface area contributed by atoms with E-state index < -0.39 is 5.79 Å². The minimum Gasteiger partial charge on any atom is -0.346 e. The number of carbonyl (C=O) groups is 1. The first-order valence-corrected chi connectivity index (χ1v) is 5.44. The van der Waals surface area contributed by atoms with Gasteiger partial charge in [-0.05, 0) is 6.42 Å². The van der Waals surface area contributed by atoms with E-state index in [4.69, 9.17) is 9.47 Å². The lowest BCUT2D eigenvalue weighted by molar-refractivity contribution is -0.173. The summed E-state index contributed by atoms with van der Waals surface area (Å²) in [6.45, 7) is 1.26. The van der Waals surface area contributed by atoms with Gasteiger partial charge >= 0.3 is 0 Å². The number of hydrogen-bond acceptors (Lipinski definition) is 3. The van der Waals surface area contributed by atoms with Crippen LogP contribution in [0, 0.1) is 0 Å². The van der Waals surface area contributed by atoms with Gasteiger partial charge in [0.25, 0.3) is 0 Å². The summed E-state index contributed by atoms with van der Waals surface area (Å²) in [5.41, 5.74) is 0. The molecule has 0 bridgehead atoms. The number of ether oxygens (including phenoxy) is 2. The molecule has 2 aliphatic rings. The highest BCUT2D eigenvalue weighted by Gasteiger charge is 2.48. The Morgan fingerprint density at radius 1 is 1.42 bits per heavy atom. The van der Waals surface area contributed by atoms with Crippen molar-refractivity contribution in [3.05, 3.63) is 0 Å². The minimum atomic E-state index is -0.560. The highest BCUT2D eigenvalue weighted by atomic mass is 127. The average Bonchev–Trinajstić information content (AvgIpc) is 2.50. The van der Waals surface area contributed by atoms with Gasteiger partial charge < -0.3 is 9.47 Å². The van der Waals surface area contributed by atoms with Crippen molar-refractivity contribution < 1.29 is 14.3 Å². The topological polar surface area (TPSA) is 35.5 Å². The Morgan fingerprint density at radius 3 is 2.75 bits per heavy atom. The molecule has 1 saturated carbocycles. The molecule has 1 spiro atoms. The van der Waals surface area contributed by atoms with E-state index in [-0.39, 0.29) is 9.71 Å². The third-order valence-electron chi connectivity index (χ3n) is 2.39. The van der Waals surface area contributed by atoms with E-state index in [1.54, 1.807) is 0 Å². The molecule has 4 heteroatoms. The summed E-state index contributed by atoms with van der Waals surface area (Å²) in [5.74, 6) is -0.292. The van der Waals surface area contributed by atoms with Crippen LogP contribution in [0.4, 0.5) is 0 Å². The zero-order valence-corrected chi connectivity index (χ0v) is 8.87. The molecule has 0 aromatic carbocycles. The van der Waals surface area contributed by atoms with Crippen molar-refractivity contribution in [1.29, 1.82) is 0 Å². The molecule has 0 aromatic heterocycles. The van der Waals surface area contributed by atoms with Crippen LogP contribution in [0.2, 0.25) is 0 Å². The van der Waals surface area contributed by atoms with Crippen LogP contribution in [-0.2, 0) is 14.3 Å². The Kier molecular flexibility index (Phi) is 2.39. The molecule has 12 heavy (non-hydrogen) atoms. The van der Waals surface area contributed by atoms with E-state index >= 15 is 0 Å². The second-order valence-corrected chi connectivity index (χ2v) is 4.44. The van der Waals surface area contributed by atoms with Crippen LogP contribution in [0.25, 0.3) is 0 Å². The van der Waals surface area contributed by atoms with Gasteiger partial charge in [0.1, 0.15) is 3.92 Å². The monoisotopic (exact) mass is 282 g/mol. The molecule has 1 aliphatic heterocycles. The molecule has 0 aromatic rings. The van der Waals surface area contributed by atoms with Crippen molar-refractivity contribution in [2.75, 3.05) is 13.2 Å². The van der Waals surface area contributed by atoms with Gasteiger partial charge in [-0.15, -0.1) is 0 Å². The molecule has 1 unspecified atom stereocenters. The van der Waals surface area contributed by atoms with Crippen molar-refractivity contribution in [2.24, 2.45) is 0 Å². The molecule has 1 saturated heterocycles. The number of alkyl halides is 1. The highest BCUT2D eigenvalue weighted by Crippen LogP contribution is 2.38. The minimum absolute atomic E-state index is 0.105. The summed E-state index contributed by atoms with van der Waals surface area (Å²) in [7, 11) is 0. The Hall–Kier alpha value is 0.320. The Balaban J connectivity index is 2.17. The predicted molar refractivity (Wildman–Crippen MR) is 51.3 cm³/mol. The molecular formula is C8H11IO3. The zero-order valence-electron chi connectivity index (χ0n) is 6.72. The van der Waals surface area contributed by atoms with Crippen LogP contribution in [-0.4, -0.2) is 28.7 Å². The molecule has 0 amide bonds. The number of rotatable bonds is 0. The van der Waals surface area contributed by atoms with Gasteiger partial charge in [-0.2, -0.15) is 0 Å². The number of carbonyl (C=O) groups excluding carboxylic acids is 1. The highest BCUT2D eigenvalue weighted by molar-refractivity contribution is 14.1. The van der Waals surface area contributed by atoms with Gasteiger partial charge in [0.15, 0.2) is 11.6 Å². The normalized spacial score (nSPS) is 34.4. The molecule has 2 rings (SSSR count). The fourth-order valence-corrected chi connectivity index (χ4v) is 2.75. The van der Waals surface area contributed by atoms with Crippen molar-refractivity contribution >= 4 is 28.4 Å². The van der Waals surface area contributed by atoms with E-state index in [0.717, 1.165) is 12.8 Å². The SMILES string of the molecule is O=C1CCCC2(OCCO2)C1I. The van der Waals surface area contributed by atoms with E-state index in [1.165, 1.54) is 0 Å². The Labute approximate surface area is 84.9 Å². The summed E-state index contributed by atoms with van der Waals surface area (Å²) in [4.78, 5) is 11.4. The first kappa shape index (κ1) is 8.90. The van der Waals surface area contributed by atoms with Gasteiger partial charge in [-0.25, -0.2) is 0 Å². The van der Waals surface area contributed by atoms with Gasteiger partial charge in [-0.3, -0.25) is 4.79 Å². The standard InChI is InChI=1S/C8H11IO3/c9-7-6(10)2-1-3-8(7)11-4-5-12-8/h7H,1-5H2. The van der Waals surface area contributed by atoms with Crippen LogP contribution < -0.4 is 0 Å². The first-order chi connectivity index (χ1) is 5.75. The molecular weight excluding hydrogens is 271 g/mol. The quantitative estimate of drug-likeness (QED) is 0.496. The van der Waals surface area contributed by atoms with Crippen LogP contribution in [0.1, 0.15) is 19.3 Å². The largest absolute Gasteiger partial charge is 0.346 e. The van der Waals surface area contributed by atoms with Gasteiger partial charge in [-0.1, -0.05) is 22.6 Å². The van der Waals surface area contributed by atoms with Crippen LogP contribution in [0.5, 0.6) is 0 Å². The van der Waals surface area contributed by atoms with E-state index in [2.05, 4.69) is 22.6 Å². The lowest BCUT2D eigenvalue weighted by Crippen LogP contribution is -2.47. The summed E-state index contributed by atoms with van der Waals surface area (Å²) in [5, 5.41) is 0. The summed E-state index contributed by atoms with van der Waals surface area (Å²) in [6.07, 6.45) is 2.45. The van der Waals surface area contributed by atoms with Crippen LogP contribution in [0.15, 0.2) is 0 Å². The Bertz CT molecular complexity index is 198. The van der Waals surface area contributed by atoms with Gasteiger partial charge in [0, 0.05) is 12.8 Å². The predicted octanol–water partition coefficient (Wildman–Crippen LogP) is 1.29.